The van der Waals surface area contributed by atoms with Gasteiger partial charge in [-0.25, -0.2) is 0 Å². The molecule has 3 unspecified atom stereocenters. The molecule has 2 aliphatic carbocycles. The minimum Gasteiger partial charge on any atom is -0.389 e. The molecule has 80 valence electrons. The third-order valence-corrected chi connectivity index (χ3v) is 3.74. The molecule has 2 rings (SSSR count). The highest BCUT2D eigenvalue weighted by Gasteiger charge is 2.44. The normalized spacial score (nSPS) is 42.6. The highest BCUT2D eigenvalue weighted by atomic mass is 16.3. The van der Waals surface area contributed by atoms with Gasteiger partial charge in [0.1, 0.15) is 5.78 Å². The Morgan fingerprint density at radius 1 is 1.50 bits per heavy atom. The van der Waals surface area contributed by atoms with E-state index < -0.39 is 5.60 Å². The SMILES string of the molecule is CCCC1CC2CC(=O)CC(O)(C1)C2. The lowest BCUT2D eigenvalue weighted by Crippen LogP contribution is -2.45. The van der Waals surface area contributed by atoms with Crippen LogP contribution in [0.15, 0.2) is 0 Å². The molecule has 0 amide bonds. The van der Waals surface area contributed by atoms with Crippen molar-refractivity contribution in [1.82, 2.24) is 0 Å². The Bertz CT molecular complexity index is 236. The van der Waals surface area contributed by atoms with E-state index in [1.54, 1.807) is 0 Å². The van der Waals surface area contributed by atoms with Gasteiger partial charge in [0.15, 0.2) is 0 Å². The summed E-state index contributed by atoms with van der Waals surface area (Å²) in [5.41, 5.74) is -0.627. The van der Waals surface area contributed by atoms with E-state index in [-0.39, 0.29) is 5.78 Å². The zero-order valence-corrected chi connectivity index (χ0v) is 8.96. The van der Waals surface area contributed by atoms with Gasteiger partial charge >= 0.3 is 0 Å². The van der Waals surface area contributed by atoms with E-state index in [0.29, 0.717) is 18.3 Å². The predicted octanol–water partition coefficient (Wildman–Crippen LogP) is 2.30. The zero-order chi connectivity index (χ0) is 10.2. The van der Waals surface area contributed by atoms with E-state index in [1.165, 1.54) is 19.3 Å². The van der Waals surface area contributed by atoms with E-state index in [4.69, 9.17) is 0 Å². The summed E-state index contributed by atoms with van der Waals surface area (Å²) in [6.07, 6.45) is 6.46. The number of carbonyl (C=O) groups excluding carboxylic acids is 1. The van der Waals surface area contributed by atoms with Crippen molar-refractivity contribution in [3.05, 3.63) is 0 Å². The van der Waals surface area contributed by atoms with Crippen LogP contribution in [0.2, 0.25) is 0 Å². The number of carbonyl (C=O) groups is 1. The van der Waals surface area contributed by atoms with Crippen LogP contribution in [0.3, 0.4) is 0 Å². The van der Waals surface area contributed by atoms with Crippen LogP contribution in [-0.2, 0) is 4.79 Å². The second-order valence-electron chi connectivity index (χ2n) is 5.31. The summed E-state index contributed by atoms with van der Waals surface area (Å²) in [5, 5.41) is 10.2. The van der Waals surface area contributed by atoms with Gasteiger partial charge in [-0.15, -0.1) is 0 Å². The molecule has 0 spiro atoms. The van der Waals surface area contributed by atoms with Crippen molar-refractivity contribution in [1.29, 1.82) is 0 Å². The minimum absolute atomic E-state index is 0.277. The first-order valence-electron chi connectivity index (χ1n) is 5.85. The number of Topliss-reactive ketones (excluding diaryl/α,β-unsaturated/α-hetero) is 1. The van der Waals surface area contributed by atoms with Crippen molar-refractivity contribution in [2.24, 2.45) is 11.8 Å². The molecule has 2 nitrogen and oxygen atoms in total. The van der Waals surface area contributed by atoms with E-state index >= 15 is 0 Å². The molecule has 2 bridgehead atoms. The molecule has 1 N–H and O–H groups in total. The van der Waals surface area contributed by atoms with Crippen LogP contribution in [0, 0.1) is 11.8 Å². The summed E-state index contributed by atoms with van der Waals surface area (Å²) >= 11 is 0. The summed E-state index contributed by atoms with van der Waals surface area (Å²) in [7, 11) is 0. The molecule has 2 fully saturated rings. The predicted molar refractivity (Wildman–Crippen MR) is 54.9 cm³/mol. The molecule has 0 aromatic heterocycles. The van der Waals surface area contributed by atoms with Crippen molar-refractivity contribution in [2.45, 2.75) is 57.5 Å². The largest absolute Gasteiger partial charge is 0.389 e. The van der Waals surface area contributed by atoms with E-state index in [2.05, 4.69) is 6.92 Å². The quantitative estimate of drug-likeness (QED) is 0.735. The Hall–Kier alpha value is -0.370. The second-order valence-corrected chi connectivity index (χ2v) is 5.31. The van der Waals surface area contributed by atoms with Crippen LogP contribution in [0.1, 0.15) is 51.9 Å². The Labute approximate surface area is 85.7 Å². The summed E-state index contributed by atoms with van der Waals surface area (Å²) < 4.78 is 0. The number of hydrogen-bond donors (Lipinski definition) is 1. The Morgan fingerprint density at radius 3 is 2.93 bits per heavy atom. The van der Waals surface area contributed by atoms with E-state index in [0.717, 1.165) is 19.3 Å². The first-order chi connectivity index (χ1) is 6.61. The number of hydrogen-bond acceptors (Lipinski definition) is 2. The number of fused-ring (bicyclic) bond motifs is 2. The Kier molecular flexibility index (Phi) is 2.65. The van der Waals surface area contributed by atoms with Gasteiger partial charge < -0.3 is 5.11 Å². The van der Waals surface area contributed by atoms with Crippen molar-refractivity contribution >= 4 is 5.78 Å². The molecule has 14 heavy (non-hydrogen) atoms. The summed E-state index contributed by atoms with van der Waals surface area (Å²) in [4.78, 5) is 11.4. The maximum absolute atomic E-state index is 11.4. The van der Waals surface area contributed by atoms with Gasteiger partial charge in [-0.1, -0.05) is 19.8 Å². The molecule has 0 aromatic rings. The highest BCUT2D eigenvalue weighted by molar-refractivity contribution is 5.80. The van der Waals surface area contributed by atoms with Gasteiger partial charge in [0, 0.05) is 12.8 Å². The second kappa shape index (κ2) is 3.65. The molecular formula is C12H20O2. The fourth-order valence-corrected chi connectivity index (χ4v) is 3.49. The lowest BCUT2D eigenvalue weighted by Gasteiger charge is -2.44. The van der Waals surface area contributed by atoms with E-state index in [9.17, 15) is 9.90 Å². The summed E-state index contributed by atoms with van der Waals surface area (Å²) in [5.74, 6) is 1.42. The molecule has 2 heteroatoms. The standard InChI is InChI=1S/C12H20O2/c1-2-3-9-4-10-5-11(13)8-12(14,6-9)7-10/h9-10,14H,2-8H2,1H3. The first-order valence-corrected chi connectivity index (χ1v) is 5.85. The van der Waals surface area contributed by atoms with Crippen LogP contribution in [0.5, 0.6) is 0 Å². The van der Waals surface area contributed by atoms with Gasteiger partial charge in [-0.05, 0) is 31.1 Å². The zero-order valence-electron chi connectivity index (χ0n) is 8.96. The lowest BCUT2D eigenvalue weighted by atomic mass is 9.64. The monoisotopic (exact) mass is 196 g/mol. The topological polar surface area (TPSA) is 37.3 Å². The van der Waals surface area contributed by atoms with Crippen LogP contribution in [0.4, 0.5) is 0 Å². The molecule has 2 saturated carbocycles. The smallest absolute Gasteiger partial charge is 0.136 e. The third-order valence-electron chi connectivity index (χ3n) is 3.74. The highest BCUT2D eigenvalue weighted by Crippen LogP contribution is 2.45. The summed E-state index contributed by atoms with van der Waals surface area (Å²) in [6.45, 7) is 2.19. The van der Waals surface area contributed by atoms with Crippen LogP contribution in [-0.4, -0.2) is 16.5 Å². The molecule has 2 aliphatic rings. The van der Waals surface area contributed by atoms with Gasteiger partial charge in [0.25, 0.3) is 0 Å². The number of rotatable bonds is 2. The van der Waals surface area contributed by atoms with Crippen LogP contribution in [0.25, 0.3) is 0 Å². The van der Waals surface area contributed by atoms with Crippen LogP contribution >= 0.6 is 0 Å². The molecule has 0 radical (unpaired) electrons. The first kappa shape index (κ1) is 10.2. The molecule has 3 atom stereocenters. The van der Waals surface area contributed by atoms with Gasteiger partial charge in [0.05, 0.1) is 5.60 Å². The fourth-order valence-electron chi connectivity index (χ4n) is 3.49. The third kappa shape index (κ3) is 2.00. The maximum Gasteiger partial charge on any atom is 0.136 e. The van der Waals surface area contributed by atoms with Gasteiger partial charge in [-0.2, -0.15) is 0 Å². The van der Waals surface area contributed by atoms with Crippen molar-refractivity contribution in [2.75, 3.05) is 0 Å². The van der Waals surface area contributed by atoms with Crippen molar-refractivity contribution < 1.29 is 9.90 Å². The van der Waals surface area contributed by atoms with Gasteiger partial charge in [-0.3, -0.25) is 4.79 Å². The molecular weight excluding hydrogens is 176 g/mol. The average Bonchev–Trinajstić information content (AvgIpc) is 1.99. The Balaban J connectivity index is 2.05. The molecule has 0 aromatic carbocycles. The summed E-state index contributed by atoms with van der Waals surface area (Å²) in [6, 6.07) is 0. The minimum atomic E-state index is -0.627. The molecule has 0 saturated heterocycles. The molecule has 0 heterocycles. The fraction of sp³-hybridized carbons (Fsp3) is 0.917. The van der Waals surface area contributed by atoms with E-state index in [1.807, 2.05) is 0 Å². The van der Waals surface area contributed by atoms with Crippen molar-refractivity contribution in [3.8, 4) is 0 Å². The van der Waals surface area contributed by atoms with Crippen LogP contribution < -0.4 is 0 Å². The maximum atomic E-state index is 11.4. The Morgan fingerprint density at radius 2 is 2.29 bits per heavy atom. The lowest BCUT2D eigenvalue weighted by molar-refractivity contribution is -0.137. The van der Waals surface area contributed by atoms with Crippen molar-refractivity contribution in [3.63, 3.8) is 0 Å². The number of ketones is 1. The number of aliphatic hydroxyl groups is 1. The molecule has 0 aliphatic heterocycles. The van der Waals surface area contributed by atoms with Gasteiger partial charge in [0.2, 0.25) is 0 Å². The average molecular weight is 196 g/mol.